The van der Waals surface area contributed by atoms with Gasteiger partial charge in [-0.15, -0.1) is 0 Å². The summed E-state index contributed by atoms with van der Waals surface area (Å²) in [5.41, 5.74) is 3.37. The van der Waals surface area contributed by atoms with Gasteiger partial charge in [-0.05, 0) is 53.8 Å². The molecule has 0 heterocycles. The molecule has 5 heteroatoms. The summed E-state index contributed by atoms with van der Waals surface area (Å²) >= 11 is -2.33. The average Bonchev–Trinajstić information content (AvgIpc) is 3.02. The van der Waals surface area contributed by atoms with Gasteiger partial charge in [-0.3, -0.25) is 0 Å². The molecule has 0 saturated heterocycles. The number of halogens is 1. The summed E-state index contributed by atoms with van der Waals surface area (Å²) in [6, 6.07) is 52.3. The number of benzene rings is 5. The van der Waals surface area contributed by atoms with Gasteiger partial charge in [0.05, 0.1) is 0 Å². The predicted octanol–water partition coefficient (Wildman–Crippen LogP) is 4.09. The minimum atomic E-state index is -2.33. The van der Waals surface area contributed by atoms with Crippen molar-refractivity contribution in [3.05, 3.63) is 175 Å². The molecule has 0 fully saturated rings. The van der Waals surface area contributed by atoms with Crippen LogP contribution in [-0.4, -0.2) is 19.0 Å². The number of hydrogen-bond acceptors (Lipinski definition) is 3. The van der Waals surface area contributed by atoms with Crippen molar-refractivity contribution < 1.29 is 32.9 Å². The van der Waals surface area contributed by atoms with Crippen molar-refractivity contribution in [1.82, 2.24) is 0 Å². The lowest BCUT2D eigenvalue weighted by molar-refractivity contribution is -1.04. The van der Waals surface area contributed by atoms with Crippen LogP contribution in [0.25, 0.3) is 0 Å². The van der Waals surface area contributed by atoms with Gasteiger partial charge in [-0.25, -0.2) is 0 Å². The summed E-state index contributed by atoms with van der Waals surface area (Å²) in [4.78, 5) is 0. The largest absolute Gasteiger partial charge is 0.681 e. The van der Waals surface area contributed by atoms with Crippen LogP contribution in [0.2, 0.25) is 0 Å². The highest BCUT2D eigenvalue weighted by molar-refractivity contribution is 6.34. The molecule has 1 N–H and O–H groups in total. The molecule has 39 heavy (non-hydrogen) atoms. The Morgan fingerprint density at radius 1 is 0.538 bits per heavy atom. The van der Waals surface area contributed by atoms with E-state index in [4.69, 9.17) is 7.64 Å². The topological polar surface area (TPSA) is 38.7 Å². The fourth-order valence-corrected chi connectivity index (χ4v) is 9.04. The maximum Gasteiger partial charge on any atom is 0.681 e. The van der Waals surface area contributed by atoms with Crippen LogP contribution in [0.3, 0.4) is 0 Å². The Kier molecular flexibility index (Phi) is 9.62. The Labute approximate surface area is 239 Å². The summed E-state index contributed by atoms with van der Waals surface area (Å²) in [6.45, 7) is 0.378. The van der Waals surface area contributed by atoms with E-state index >= 15 is 0 Å². The van der Waals surface area contributed by atoms with Gasteiger partial charge in [-0.1, -0.05) is 127 Å². The molecule has 1 radical (unpaired) electrons. The van der Waals surface area contributed by atoms with Gasteiger partial charge in [0.1, 0.15) is 0 Å². The lowest BCUT2D eigenvalue weighted by atomic mass is 9.67. The standard InChI is InChI=1S/C34H32BIO3/c37-35(39-36(32-23-12-4-13-24-32)33-25-14-5-15-26-33)38-28-16-27-34(29-17-6-1-7-18-29,30-19-8-2-9-20-30)31-21-10-3-11-22-31/h1-15,17-26,37H,16,27-28H2/q+1. The lowest BCUT2D eigenvalue weighted by Crippen LogP contribution is -3.86. The van der Waals surface area contributed by atoms with Crippen LogP contribution in [0.4, 0.5) is 0 Å². The van der Waals surface area contributed by atoms with E-state index in [2.05, 4.69) is 115 Å². The van der Waals surface area contributed by atoms with Crippen LogP contribution in [0, 0.1) is 7.14 Å². The quantitative estimate of drug-likeness (QED) is 0.0983. The van der Waals surface area contributed by atoms with E-state index in [0.717, 1.165) is 20.0 Å². The second-order valence-electron chi connectivity index (χ2n) is 9.21. The van der Waals surface area contributed by atoms with Crippen LogP contribution in [-0.2, 0) is 13.1 Å². The summed E-state index contributed by atoms with van der Waals surface area (Å²) in [6.07, 6.45) is 1.56. The minimum absolute atomic E-state index is 0.342. The SMILES string of the molecule is OB(OCCCC(c1ccccc1)(c1ccccc1)c1ccccc1)O[I+](c1ccccc1)c1ccccc1. The van der Waals surface area contributed by atoms with Crippen molar-refractivity contribution in [2.45, 2.75) is 18.3 Å². The van der Waals surface area contributed by atoms with Crippen LogP contribution >= 0.6 is 0 Å². The molecule has 0 aliphatic rings. The van der Waals surface area contributed by atoms with Crippen molar-refractivity contribution in [3.63, 3.8) is 0 Å². The van der Waals surface area contributed by atoms with Crippen molar-refractivity contribution in [1.29, 1.82) is 0 Å². The van der Waals surface area contributed by atoms with Crippen LogP contribution in [0.15, 0.2) is 152 Å². The second-order valence-corrected chi connectivity index (χ2v) is 13.6. The first-order valence-electron chi connectivity index (χ1n) is 13.2. The Balaban J connectivity index is 1.33. The minimum Gasteiger partial charge on any atom is -0.399 e. The molecule has 0 aromatic heterocycles. The molecule has 0 saturated carbocycles. The highest BCUT2D eigenvalue weighted by atomic mass is 127. The molecule has 0 bridgehead atoms. The molecule has 195 valence electrons. The molecule has 5 aromatic rings. The van der Waals surface area contributed by atoms with E-state index in [-0.39, 0.29) is 5.41 Å². The highest BCUT2D eigenvalue weighted by Gasteiger charge is 2.38. The van der Waals surface area contributed by atoms with E-state index < -0.39 is 27.6 Å². The van der Waals surface area contributed by atoms with Crippen LogP contribution in [0.5, 0.6) is 0 Å². The zero-order valence-electron chi connectivity index (χ0n) is 21.8. The van der Waals surface area contributed by atoms with Gasteiger partial charge < -0.3 is 9.68 Å². The summed E-state index contributed by atoms with van der Waals surface area (Å²) in [5, 5.41) is 10.8. The Morgan fingerprint density at radius 2 is 0.897 bits per heavy atom. The zero-order valence-corrected chi connectivity index (χ0v) is 23.9. The molecular weight excluding hydrogens is 594 g/mol. The first kappa shape index (κ1) is 27.3. The van der Waals surface area contributed by atoms with E-state index in [1.54, 1.807) is 0 Å². The number of rotatable bonds is 12. The molecule has 5 aromatic carbocycles. The third kappa shape index (κ3) is 6.68. The average molecular weight is 626 g/mol. The van der Waals surface area contributed by atoms with E-state index in [1.807, 2.05) is 36.4 Å². The zero-order chi connectivity index (χ0) is 26.8. The van der Waals surface area contributed by atoms with Gasteiger partial charge in [0.25, 0.3) is 20.2 Å². The van der Waals surface area contributed by atoms with Gasteiger partial charge >= 0.3 is 7.32 Å². The van der Waals surface area contributed by atoms with Gasteiger partial charge in [0.15, 0.2) is 7.14 Å². The fourth-order valence-electron chi connectivity index (χ4n) is 5.01. The van der Waals surface area contributed by atoms with Gasteiger partial charge in [0.2, 0.25) is 0 Å². The fraction of sp³-hybridized carbons (Fsp3) is 0.118. The Bertz CT molecular complexity index is 1250. The molecule has 5 rings (SSSR count). The summed E-state index contributed by atoms with van der Waals surface area (Å²) in [7, 11) is -1.28. The maximum atomic E-state index is 10.8. The van der Waals surface area contributed by atoms with Crippen molar-refractivity contribution in [2.75, 3.05) is 6.61 Å². The molecule has 0 aliphatic heterocycles. The molecule has 3 nitrogen and oxygen atoms in total. The molecule has 0 amide bonds. The van der Waals surface area contributed by atoms with E-state index in [9.17, 15) is 5.02 Å². The third-order valence-electron chi connectivity index (χ3n) is 6.78. The van der Waals surface area contributed by atoms with Crippen LogP contribution in [0.1, 0.15) is 29.5 Å². The number of hydrogen-bond donors (Lipinski definition) is 1. The Morgan fingerprint density at radius 3 is 1.28 bits per heavy atom. The van der Waals surface area contributed by atoms with Crippen molar-refractivity contribution >= 4 is 7.32 Å². The predicted molar refractivity (Wildman–Crippen MR) is 154 cm³/mol. The molecule has 0 spiro atoms. The van der Waals surface area contributed by atoms with Crippen molar-refractivity contribution in [2.24, 2.45) is 0 Å². The second kappa shape index (κ2) is 13.7. The summed E-state index contributed by atoms with van der Waals surface area (Å²) < 4.78 is 14.3. The highest BCUT2D eigenvalue weighted by Crippen LogP contribution is 2.42. The normalized spacial score (nSPS) is 11.4. The molecule has 0 aliphatic carbocycles. The lowest BCUT2D eigenvalue weighted by Gasteiger charge is -2.36. The molecule has 0 unspecified atom stereocenters. The molecular formula is C34H32BIO3+. The van der Waals surface area contributed by atoms with E-state index in [1.165, 1.54) is 16.7 Å². The smallest absolute Gasteiger partial charge is 0.399 e. The van der Waals surface area contributed by atoms with Crippen LogP contribution < -0.4 is 20.2 Å². The van der Waals surface area contributed by atoms with Crippen molar-refractivity contribution in [3.8, 4) is 0 Å². The van der Waals surface area contributed by atoms with Gasteiger partial charge in [-0.2, -0.15) is 2.98 Å². The summed E-state index contributed by atoms with van der Waals surface area (Å²) in [5.74, 6) is 0. The Hall–Kier alpha value is -3.23. The third-order valence-corrected chi connectivity index (χ3v) is 11.4. The maximum absolute atomic E-state index is 10.8. The van der Waals surface area contributed by atoms with E-state index in [0.29, 0.717) is 6.61 Å². The first-order chi connectivity index (χ1) is 19.3. The molecule has 0 atom stereocenters. The van der Waals surface area contributed by atoms with Gasteiger partial charge in [0, 0.05) is 12.0 Å². The monoisotopic (exact) mass is 626 g/mol. The first-order valence-corrected chi connectivity index (χ1v) is 16.2.